The molecule has 33 heavy (non-hydrogen) atoms. The van der Waals surface area contributed by atoms with Crippen LogP contribution in [0.15, 0.2) is 84.0 Å². The summed E-state index contributed by atoms with van der Waals surface area (Å²) >= 11 is 0. The first-order valence-electron chi connectivity index (χ1n) is 10.4. The number of hydrazone groups is 1. The van der Waals surface area contributed by atoms with Crippen molar-refractivity contribution in [2.24, 2.45) is 5.10 Å². The number of aromatic nitrogens is 4. The molecule has 0 spiro atoms. The molecule has 1 N–H and O–H groups in total. The number of carbonyl (C=O) groups excluding carboxylic acids is 1. The number of hydrogen-bond acceptors (Lipinski definition) is 6. The smallest absolute Gasteiger partial charge is 0.271 e. The zero-order valence-electron chi connectivity index (χ0n) is 17.8. The molecular formula is C24H20FN7O. The van der Waals surface area contributed by atoms with Gasteiger partial charge in [0.2, 0.25) is 0 Å². The molecule has 4 aromatic rings. The van der Waals surface area contributed by atoms with E-state index in [1.807, 2.05) is 65.7 Å². The summed E-state index contributed by atoms with van der Waals surface area (Å²) in [5, 5.41) is 20.5. The van der Waals surface area contributed by atoms with Gasteiger partial charge in [-0.3, -0.25) is 9.80 Å². The molecule has 164 valence electrons. The number of carbonyl (C=O) groups is 1. The van der Waals surface area contributed by atoms with E-state index in [4.69, 9.17) is 0 Å². The average molecular weight is 441 g/mol. The number of nitrogens with zero attached hydrogens (tertiary/aromatic N) is 6. The van der Waals surface area contributed by atoms with Crippen molar-refractivity contribution >= 4 is 23.0 Å². The number of rotatable bonds is 5. The highest BCUT2D eigenvalue weighted by atomic mass is 19.1. The van der Waals surface area contributed by atoms with Crippen LogP contribution in [0.3, 0.4) is 0 Å². The van der Waals surface area contributed by atoms with Crippen molar-refractivity contribution in [2.75, 3.05) is 10.3 Å². The fourth-order valence-electron chi connectivity index (χ4n) is 3.81. The highest BCUT2D eigenvalue weighted by Gasteiger charge is 2.32. The van der Waals surface area contributed by atoms with E-state index in [-0.39, 0.29) is 17.6 Å². The Morgan fingerprint density at radius 3 is 2.45 bits per heavy atom. The minimum Gasteiger partial charge on any atom is -0.321 e. The summed E-state index contributed by atoms with van der Waals surface area (Å²) in [6.45, 7) is 1.67. The van der Waals surface area contributed by atoms with Crippen LogP contribution in [0.4, 0.5) is 15.8 Å². The van der Waals surface area contributed by atoms with Crippen LogP contribution in [0.1, 0.15) is 23.9 Å². The number of halogens is 1. The largest absolute Gasteiger partial charge is 0.321 e. The van der Waals surface area contributed by atoms with E-state index in [0.29, 0.717) is 23.6 Å². The molecule has 9 heteroatoms. The Labute approximate surface area is 189 Å². The van der Waals surface area contributed by atoms with Crippen LogP contribution in [-0.2, 0) is 4.79 Å². The number of para-hydroxylation sites is 1. The molecule has 5 rings (SSSR count). The molecule has 0 radical (unpaired) electrons. The zero-order valence-corrected chi connectivity index (χ0v) is 17.8. The third-order valence-electron chi connectivity index (χ3n) is 5.44. The second-order valence-electron chi connectivity index (χ2n) is 7.62. The first-order valence-corrected chi connectivity index (χ1v) is 10.4. The van der Waals surface area contributed by atoms with Crippen LogP contribution in [-0.4, -0.2) is 31.8 Å². The van der Waals surface area contributed by atoms with E-state index >= 15 is 0 Å². The van der Waals surface area contributed by atoms with Gasteiger partial charge in [-0.15, -0.1) is 5.10 Å². The van der Waals surface area contributed by atoms with E-state index in [1.165, 1.54) is 22.9 Å². The number of nitrogens with one attached hydrogen (secondary N) is 1. The molecular weight excluding hydrogens is 421 g/mol. The summed E-state index contributed by atoms with van der Waals surface area (Å²) in [5.41, 5.74) is 2.91. The maximum Gasteiger partial charge on any atom is 0.271 e. The molecule has 1 aromatic heterocycles. The van der Waals surface area contributed by atoms with Crippen LogP contribution in [0.25, 0.3) is 5.69 Å². The Hall–Kier alpha value is -4.40. The van der Waals surface area contributed by atoms with Gasteiger partial charge < -0.3 is 5.32 Å². The SMILES string of the molecule is Cc1nnnn1-c1cc(NC(=O)C2=NN(c3ccccc3)C(c3ccccc3)C2)ccc1F. The molecule has 0 aliphatic carbocycles. The van der Waals surface area contributed by atoms with Gasteiger partial charge in [0, 0.05) is 12.1 Å². The van der Waals surface area contributed by atoms with Crippen molar-refractivity contribution < 1.29 is 9.18 Å². The lowest BCUT2D eigenvalue weighted by molar-refractivity contribution is -0.110. The normalized spacial score (nSPS) is 15.4. The van der Waals surface area contributed by atoms with Gasteiger partial charge in [-0.25, -0.2) is 4.39 Å². The number of amides is 1. The van der Waals surface area contributed by atoms with Crippen molar-refractivity contribution in [3.63, 3.8) is 0 Å². The summed E-state index contributed by atoms with van der Waals surface area (Å²) in [6, 6.07) is 23.8. The van der Waals surface area contributed by atoms with Gasteiger partial charge in [0.05, 0.1) is 11.7 Å². The van der Waals surface area contributed by atoms with Crippen LogP contribution >= 0.6 is 0 Å². The van der Waals surface area contributed by atoms with Crippen LogP contribution < -0.4 is 10.3 Å². The van der Waals surface area contributed by atoms with E-state index in [2.05, 4.69) is 25.9 Å². The third-order valence-corrected chi connectivity index (χ3v) is 5.44. The molecule has 0 fully saturated rings. The Morgan fingerprint density at radius 1 is 1.03 bits per heavy atom. The molecule has 0 saturated carbocycles. The van der Waals surface area contributed by atoms with Crippen molar-refractivity contribution in [1.29, 1.82) is 0 Å². The molecule has 8 nitrogen and oxygen atoms in total. The summed E-state index contributed by atoms with van der Waals surface area (Å²) in [6.07, 6.45) is 0.435. The Bertz CT molecular complexity index is 1320. The molecule has 1 aliphatic rings. The summed E-state index contributed by atoms with van der Waals surface area (Å²) in [4.78, 5) is 13.1. The van der Waals surface area contributed by atoms with E-state index in [1.54, 1.807) is 6.92 Å². The van der Waals surface area contributed by atoms with Gasteiger partial charge >= 0.3 is 0 Å². The third kappa shape index (κ3) is 4.08. The number of anilines is 2. The lowest BCUT2D eigenvalue weighted by Crippen LogP contribution is -2.22. The predicted octanol–water partition coefficient (Wildman–Crippen LogP) is 4.06. The number of aryl methyl sites for hydroxylation is 1. The van der Waals surface area contributed by atoms with Gasteiger partial charge in [-0.05, 0) is 53.2 Å². The van der Waals surface area contributed by atoms with Gasteiger partial charge in [-0.2, -0.15) is 9.78 Å². The van der Waals surface area contributed by atoms with Gasteiger partial charge in [-0.1, -0.05) is 48.5 Å². The Kier molecular flexibility index (Phi) is 5.35. The highest BCUT2D eigenvalue weighted by molar-refractivity contribution is 6.43. The van der Waals surface area contributed by atoms with Crippen molar-refractivity contribution in [1.82, 2.24) is 20.2 Å². The molecule has 0 bridgehead atoms. The topological polar surface area (TPSA) is 88.3 Å². The quantitative estimate of drug-likeness (QED) is 0.505. The predicted molar refractivity (Wildman–Crippen MR) is 123 cm³/mol. The first-order chi connectivity index (χ1) is 16.1. The standard InChI is InChI=1S/C24H20FN7O/c1-16-27-29-30-31(16)23-14-18(12-13-20(23)25)26-24(33)21-15-22(17-8-4-2-5-9-17)32(28-21)19-10-6-3-7-11-19/h2-14,22H,15H2,1H3,(H,26,33). The Balaban J connectivity index is 1.42. The van der Waals surface area contributed by atoms with Crippen LogP contribution in [0.2, 0.25) is 0 Å². The Morgan fingerprint density at radius 2 is 1.76 bits per heavy atom. The monoisotopic (exact) mass is 441 g/mol. The zero-order chi connectivity index (χ0) is 22.8. The van der Waals surface area contributed by atoms with Crippen molar-refractivity contribution in [2.45, 2.75) is 19.4 Å². The first kappa shape index (κ1) is 20.5. The van der Waals surface area contributed by atoms with Crippen molar-refractivity contribution in [3.05, 3.63) is 96.1 Å². The van der Waals surface area contributed by atoms with Gasteiger partial charge in [0.15, 0.2) is 5.82 Å². The van der Waals surface area contributed by atoms with Crippen molar-refractivity contribution in [3.8, 4) is 5.69 Å². The summed E-state index contributed by atoms with van der Waals surface area (Å²) in [7, 11) is 0. The second kappa shape index (κ2) is 8.62. The van der Waals surface area contributed by atoms with Gasteiger partial charge in [0.25, 0.3) is 5.91 Å². The molecule has 1 atom stereocenters. The molecule has 2 heterocycles. The molecule has 3 aromatic carbocycles. The molecule has 1 unspecified atom stereocenters. The average Bonchev–Trinajstić information content (AvgIpc) is 3.48. The van der Waals surface area contributed by atoms with Gasteiger partial charge in [0.1, 0.15) is 17.2 Å². The minimum absolute atomic E-state index is 0.109. The number of tetrazole rings is 1. The summed E-state index contributed by atoms with van der Waals surface area (Å²) in [5.74, 6) is -0.414. The van der Waals surface area contributed by atoms with Crippen LogP contribution in [0, 0.1) is 12.7 Å². The fourth-order valence-corrected chi connectivity index (χ4v) is 3.81. The van der Waals surface area contributed by atoms with E-state index < -0.39 is 5.82 Å². The van der Waals surface area contributed by atoms with Crippen LogP contribution in [0.5, 0.6) is 0 Å². The number of benzene rings is 3. The molecule has 1 amide bonds. The molecule has 1 aliphatic heterocycles. The van der Waals surface area contributed by atoms with E-state index in [0.717, 1.165) is 11.3 Å². The minimum atomic E-state index is -0.499. The highest BCUT2D eigenvalue weighted by Crippen LogP contribution is 2.35. The lowest BCUT2D eigenvalue weighted by atomic mass is 10.0. The maximum absolute atomic E-state index is 14.4. The lowest BCUT2D eigenvalue weighted by Gasteiger charge is -2.23. The molecule has 0 saturated heterocycles. The number of hydrogen-bond donors (Lipinski definition) is 1. The fraction of sp³-hybridized carbons (Fsp3) is 0.125. The summed E-state index contributed by atoms with van der Waals surface area (Å²) < 4.78 is 15.6. The van der Waals surface area contributed by atoms with E-state index in [9.17, 15) is 9.18 Å². The maximum atomic E-state index is 14.4. The second-order valence-corrected chi connectivity index (χ2v) is 7.62.